The Morgan fingerprint density at radius 1 is 1.03 bits per heavy atom. The maximum absolute atomic E-state index is 6.31. The second-order valence-electron chi connectivity index (χ2n) is 9.04. The predicted molar refractivity (Wildman–Crippen MR) is 142 cm³/mol. The summed E-state index contributed by atoms with van der Waals surface area (Å²) in [5, 5.41) is 21.3. The number of piperidine rings is 1. The van der Waals surface area contributed by atoms with Crippen LogP contribution in [0.4, 0.5) is 5.82 Å². The number of aromatic nitrogens is 7. The third-order valence-electron chi connectivity index (χ3n) is 6.63. The van der Waals surface area contributed by atoms with Gasteiger partial charge in [-0.1, -0.05) is 29.3 Å². The van der Waals surface area contributed by atoms with Gasteiger partial charge in [-0.3, -0.25) is 9.78 Å². The number of nitrogens with two attached hydrogens (primary N) is 1. The highest BCUT2D eigenvalue weighted by molar-refractivity contribution is 6.38. The molecular formula is C25H23Cl2N9O. The number of nitrogens with zero attached hydrogens (tertiary/aromatic N) is 7. The van der Waals surface area contributed by atoms with Gasteiger partial charge in [0.25, 0.3) is 11.8 Å². The molecule has 5 aromatic rings. The van der Waals surface area contributed by atoms with Crippen LogP contribution in [-0.2, 0) is 0 Å². The minimum atomic E-state index is 0.193. The second kappa shape index (κ2) is 9.62. The third-order valence-corrected chi connectivity index (χ3v) is 7.26. The maximum Gasteiger partial charge on any atom is 0.251 e. The Morgan fingerprint density at radius 2 is 1.78 bits per heavy atom. The van der Waals surface area contributed by atoms with Crippen molar-refractivity contribution in [1.29, 1.82) is 0 Å². The van der Waals surface area contributed by atoms with Crippen molar-refractivity contribution in [2.75, 3.05) is 25.9 Å². The van der Waals surface area contributed by atoms with Crippen LogP contribution in [0.2, 0.25) is 10.0 Å². The summed E-state index contributed by atoms with van der Waals surface area (Å²) in [5.41, 5.74) is 10.3. The minimum absolute atomic E-state index is 0.193. The van der Waals surface area contributed by atoms with Gasteiger partial charge in [0, 0.05) is 23.5 Å². The summed E-state index contributed by atoms with van der Waals surface area (Å²) in [6.45, 7) is 2.13. The number of benzene rings is 1. The molecule has 0 bridgehead atoms. The molecule has 0 radical (unpaired) electrons. The molecule has 37 heavy (non-hydrogen) atoms. The lowest BCUT2D eigenvalue weighted by molar-refractivity contribution is 0.212. The van der Waals surface area contributed by atoms with Crippen molar-refractivity contribution < 1.29 is 4.42 Å². The third kappa shape index (κ3) is 4.48. The highest BCUT2D eigenvalue weighted by atomic mass is 35.5. The summed E-state index contributed by atoms with van der Waals surface area (Å²) in [6, 6.07) is 9.39. The Hall–Kier alpha value is -3.73. The number of likely N-dealkylation sites (tertiary alicyclic amines) is 1. The van der Waals surface area contributed by atoms with Crippen molar-refractivity contribution in [3.63, 3.8) is 0 Å². The lowest BCUT2D eigenvalue weighted by Crippen LogP contribution is -2.31. The Labute approximate surface area is 222 Å². The fourth-order valence-electron chi connectivity index (χ4n) is 4.56. The van der Waals surface area contributed by atoms with Crippen LogP contribution in [0.25, 0.3) is 45.4 Å². The van der Waals surface area contributed by atoms with Gasteiger partial charge in [-0.05, 0) is 57.2 Å². The molecule has 6 rings (SSSR count). The number of pyridine rings is 1. The van der Waals surface area contributed by atoms with Crippen LogP contribution >= 0.6 is 23.2 Å². The number of halogens is 2. The fourth-order valence-corrected chi connectivity index (χ4v) is 5.12. The smallest absolute Gasteiger partial charge is 0.251 e. The fraction of sp³-hybridized carbons (Fsp3) is 0.240. The Morgan fingerprint density at radius 3 is 2.57 bits per heavy atom. The Bertz CT molecular complexity index is 1550. The van der Waals surface area contributed by atoms with Crippen LogP contribution in [0.15, 0.2) is 53.3 Å². The Kier molecular flexibility index (Phi) is 6.15. The van der Waals surface area contributed by atoms with Gasteiger partial charge in [0.05, 0.1) is 39.1 Å². The zero-order chi connectivity index (χ0) is 25.5. The van der Waals surface area contributed by atoms with Crippen LogP contribution in [0.1, 0.15) is 18.9 Å². The molecule has 0 unspecified atom stereocenters. The molecule has 1 aliphatic rings. The van der Waals surface area contributed by atoms with E-state index in [9.17, 15) is 0 Å². The SMILES string of the molecule is CN1CCC(n2ccc(-c3[nH]ncc3-c3cnc(N)c(-c4nnc(-c5c(Cl)cccc5Cl)o4)c3)n2)CC1. The topological polar surface area (TPSA) is 128 Å². The summed E-state index contributed by atoms with van der Waals surface area (Å²) in [7, 11) is 2.15. The molecule has 3 N–H and O–H groups in total. The summed E-state index contributed by atoms with van der Waals surface area (Å²) >= 11 is 12.6. The quantitative estimate of drug-likeness (QED) is 0.314. The number of hydrogen-bond donors (Lipinski definition) is 2. The number of rotatable bonds is 5. The number of nitrogen functional groups attached to an aromatic ring is 1. The lowest BCUT2D eigenvalue weighted by Gasteiger charge is -2.29. The number of H-pyrrole nitrogens is 1. The van der Waals surface area contributed by atoms with Crippen LogP contribution in [0.3, 0.4) is 0 Å². The molecule has 4 aromatic heterocycles. The minimum Gasteiger partial charge on any atom is -0.416 e. The normalized spacial score (nSPS) is 14.9. The van der Waals surface area contributed by atoms with E-state index in [1.54, 1.807) is 30.6 Å². The van der Waals surface area contributed by atoms with Gasteiger partial charge in [-0.2, -0.15) is 10.2 Å². The molecular weight excluding hydrogens is 513 g/mol. The first kappa shape index (κ1) is 23.7. The van der Waals surface area contributed by atoms with E-state index in [2.05, 4.69) is 42.0 Å². The molecule has 1 aromatic carbocycles. The largest absolute Gasteiger partial charge is 0.416 e. The van der Waals surface area contributed by atoms with Crippen molar-refractivity contribution in [2.45, 2.75) is 18.9 Å². The van der Waals surface area contributed by atoms with Crippen molar-refractivity contribution >= 4 is 29.0 Å². The highest BCUT2D eigenvalue weighted by Gasteiger charge is 2.22. The van der Waals surface area contributed by atoms with Gasteiger partial charge in [0.1, 0.15) is 11.5 Å². The molecule has 10 nitrogen and oxygen atoms in total. The van der Waals surface area contributed by atoms with Gasteiger partial charge in [0.2, 0.25) is 0 Å². The second-order valence-corrected chi connectivity index (χ2v) is 9.85. The van der Waals surface area contributed by atoms with E-state index in [0.29, 0.717) is 27.2 Å². The Balaban J connectivity index is 1.32. The molecule has 1 saturated heterocycles. The molecule has 1 aliphatic heterocycles. The van der Waals surface area contributed by atoms with Gasteiger partial charge < -0.3 is 15.1 Å². The average molecular weight is 536 g/mol. The highest BCUT2D eigenvalue weighted by Crippen LogP contribution is 2.37. The van der Waals surface area contributed by atoms with E-state index in [0.717, 1.165) is 48.4 Å². The molecule has 0 aliphatic carbocycles. The first-order valence-corrected chi connectivity index (χ1v) is 12.5. The van der Waals surface area contributed by atoms with Crippen LogP contribution in [0, 0.1) is 0 Å². The summed E-state index contributed by atoms with van der Waals surface area (Å²) in [5.74, 6) is 0.647. The van der Waals surface area contributed by atoms with Crippen LogP contribution in [-0.4, -0.2) is 60.2 Å². The van der Waals surface area contributed by atoms with Gasteiger partial charge in [-0.15, -0.1) is 10.2 Å². The van der Waals surface area contributed by atoms with Crippen LogP contribution in [0.5, 0.6) is 0 Å². The zero-order valence-electron chi connectivity index (χ0n) is 19.9. The standard InChI is InChI=1S/C25H23Cl2N9O/c1-35-8-5-15(6-9-35)36-10-7-20(34-36)22-17(13-30-31-22)14-11-16(23(28)29-12-14)24-32-33-25(37-24)21-18(26)3-2-4-19(21)27/h2-4,7,10-13,15H,5-6,8-9H2,1H3,(H2,28,29)(H,30,31). The van der Waals surface area contributed by atoms with E-state index in [1.165, 1.54) is 0 Å². The van der Waals surface area contributed by atoms with E-state index >= 15 is 0 Å². The van der Waals surface area contributed by atoms with E-state index < -0.39 is 0 Å². The number of nitrogens with one attached hydrogen (secondary N) is 1. The van der Waals surface area contributed by atoms with Crippen molar-refractivity contribution in [2.24, 2.45) is 0 Å². The summed E-state index contributed by atoms with van der Waals surface area (Å²) in [6.07, 6.45) is 7.60. The molecule has 5 heterocycles. The summed E-state index contributed by atoms with van der Waals surface area (Å²) in [4.78, 5) is 6.72. The molecule has 188 valence electrons. The lowest BCUT2D eigenvalue weighted by atomic mass is 10.0. The van der Waals surface area contributed by atoms with Gasteiger partial charge in [-0.25, -0.2) is 4.98 Å². The van der Waals surface area contributed by atoms with Gasteiger partial charge in [0.15, 0.2) is 0 Å². The zero-order valence-corrected chi connectivity index (χ0v) is 21.4. The average Bonchev–Trinajstić information content (AvgIpc) is 3.66. The first-order valence-electron chi connectivity index (χ1n) is 11.8. The maximum atomic E-state index is 6.31. The molecule has 1 fully saturated rings. The predicted octanol–water partition coefficient (Wildman–Crippen LogP) is 5.21. The molecule has 0 saturated carbocycles. The number of aromatic amines is 1. The monoisotopic (exact) mass is 535 g/mol. The molecule has 12 heteroatoms. The van der Waals surface area contributed by atoms with Crippen molar-refractivity contribution in [1.82, 2.24) is 40.1 Å². The molecule has 0 spiro atoms. The van der Waals surface area contributed by atoms with Crippen molar-refractivity contribution in [3.8, 4) is 45.4 Å². The first-order chi connectivity index (χ1) is 18.0. The van der Waals surface area contributed by atoms with Crippen LogP contribution < -0.4 is 5.73 Å². The van der Waals surface area contributed by atoms with Crippen molar-refractivity contribution in [3.05, 3.63) is 59.0 Å². The molecule has 0 amide bonds. The van der Waals surface area contributed by atoms with Gasteiger partial charge >= 0.3 is 0 Å². The van der Waals surface area contributed by atoms with E-state index in [-0.39, 0.29) is 17.6 Å². The number of hydrogen-bond acceptors (Lipinski definition) is 8. The number of anilines is 1. The van der Waals surface area contributed by atoms with E-state index in [1.807, 2.05) is 18.3 Å². The summed E-state index contributed by atoms with van der Waals surface area (Å²) < 4.78 is 7.96. The van der Waals surface area contributed by atoms with E-state index in [4.69, 9.17) is 38.5 Å². The molecule has 0 atom stereocenters.